The Bertz CT molecular complexity index is 302. The van der Waals surface area contributed by atoms with Gasteiger partial charge in [0.25, 0.3) is 0 Å². The number of rotatable bonds is 4. The van der Waals surface area contributed by atoms with E-state index in [1.165, 1.54) is 6.92 Å². The van der Waals surface area contributed by atoms with Crippen LogP contribution >= 0.6 is 0 Å². The molecule has 17 heavy (non-hydrogen) atoms. The second-order valence-electron chi connectivity index (χ2n) is 6.53. The van der Waals surface area contributed by atoms with Crippen molar-refractivity contribution < 1.29 is 9.59 Å². The summed E-state index contributed by atoms with van der Waals surface area (Å²) in [7, 11) is 1.72. The Morgan fingerprint density at radius 2 is 1.53 bits per heavy atom. The van der Waals surface area contributed by atoms with Gasteiger partial charge in [-0.25, -0.2) is 0 Å². The SMILES string of the molecule is CC(=O)N(C)C(C)(CC(C)C)C(=O)C(C)(C)C. The average molecular weight is 241 g/mol. The fraction of sp³-hybridized carbons (Fsp3) is 0.857. The number of amides is 1. The van der Waals surface area contributed by atoms with Crippen molar-refractivity contribution >= 4 is 11.7 Å². The number of Topliss-reactive ketones (excluding diaryl/α,β-unsaturated/α-hetero) is 1. The van der Waals surface area contributed by atoms with Crippen molar-refractivity contribution in [2.45, 2.75) is 60.4 Å². The summed E-state index contributed by atoms with van der Waals surface area (Å²) in [5, 5.41) is 0. The smallest absolute Gasteiger partial charge is 0.220 e. The highest BCUT2D eigenvalue weighted by atomic mass is 16.2. The van der Waals surface area contributed by atoms with Crippen molar-refractivity contribution in [1.82, 2.24) is 4.90 Å². The van der Waals surface area contributed by atoms with Crippen molar-refractivity contribution in [3.05, 3.63) is 0 Å². The van der Waals surface area contributed by atoms with Gasteiger partial charge >= 0.3 is 0 Å². The summed E-state index contributed by atoms with van der Waals surface area (Å²) in [6.07, 6.45) is 0.694. The van der Waals surface area contributed by atoms with Crippen LogP contribution in [-0.2, 0) is 9.59 Å². The van der Waals surface area contributed by atoms with E-state index < -0.39 is 11.0 Å². The topological polar surface area (TPSA) is 37.4 Å². The highest BCUT2D eigenvalue weighted by Crippen LogP contribution is 2.32. The molecule has 100 valence electrons. The molecule has 0 aliphatic carbocycles. The summed E-state index contributed by atoms with van der Waals surface area (Å²) in [4.78, 5) is 25.7. The molecule has 0 fully saturated rings. The Hall–Kier alpha value is -0.860. The van der Waals surface area contributed by atoms with Gasteiger partial charge in [0.15, 0.2) is 5.78 Å². The number of hydrogen-bond donors (Lipinski definition) is 0. The number of likely N-dealkylation sites (N-methyl/N-ethyl adjacent to an activating group) is 1. The number of ketones is 1. The normalized spacial score (nSPS) is 15.6. The Kier molecular flexibility index (Phi) is 4.93. The van der Waals surface area contributed by atoms with Crippen molar-refractivity contribution in [1.29, 1.82) is 0 Å². The molecule has 0 spiro atoms. The van der Waals surface area contributed by atoms with E-state index >= 15 is 0 Å². The molecule has 0 aliphatic rings. The van der Waals surface area contributed by atoms with Gasteiger partial charge in [0.1, 0.15) is 0 Å². The lowest BCUT2D eigenvalue weighted by Gasteiger charge is -2.42. The monoisotopic (exact) mass is 241 g/mol. The molecule has 0 saturated carbocycles. The van der Waals surface area contributed by atoms with Crippen molar-refractivity contribution in [2.24, 2.45) is 11.3 Å². The standard InChI is InChI=1S/C14H27NO2/c1-10(2)9-14(7,15(8)11(3)16)12(17)13(4,5)6/h10H,9H2,1-8H3. The average Bonchev–Trinajstić information content (AvgIpc) is 2.12. The van der Waals surface area contributed by atoms with E-state index in [0.29, 0.717) is 12.3 Å². The minimum atomic E-state index is -0.710. The van der Waals surface area contributed by atoms with Gasteiger partial charge in [0.2, 0.25) is 5.91 Å². The number of hydrogen-bond acceptors (Lipinski definition) is 2. The van der Waals surface area contributed by atoms with Crippen molar-refractivity contribution in [3.63, 3.8) is 0 Å². The van der Waals surface area contributed by atoms with Crippen LogP contribution < -0.4 is 0 Å². The molecule has 1 unspecified atom stereocenters. The summed E-state index contributed by atoms with van der Waals surface area (Å²) in [6.45, 7) is 13.2. The third-order valence-corrected chi connectivity index (χ3v) is 3.19. The molecule has 1 atom stereocenters. The Balaban J connectivity index is 5.39. The summed E-state index contributed by atoms with van der Waals surface area (Å²) < 4.78 is 0. The fourth-order valence-electron chi connectivity index (χ4n) is 2.33. The van der Waals surface area contributed by atoms with E-state index in [-0.39, 0.29) is 11.7 Å². The van der Waals surface area contributed by atoms with Crippen LogP contribution in [0.15, 0.2) is 0 Å². The molecule has 0 aromatic heterocycles. The zero-order valence-corrected chi connectivity index (χ0v) is 12.5. The lowest BCUT2D eigenvalue weighted by atomic mass is 9.74. The summed E-state index contributed by atoms with van der Waals surface area (Å²) in [5.41, 5.74) is -1.15. The Morgan fingerprint density at radius 1 is 1.12 bits per heavy atom. The van der Waals surface area contributed by atoms with Gasteiger partial charge in [-0.05, 0) is 19.3 Å². The van der Waals surface area contributed by atoms with Gasteiger partial charge in [-0.15, -0.1) is 0 Å². The first-order chi connectivity index (χ1) is 7.43. The van der Waals surface area contributed by atoms with Crippen LogP contribution in [0, 0.1) is 11.3 Å². The summed E-state index contributed by atoms with van der Waals surface area (Å²) >= 11 is 0. The largest absolute Gasteiger partial charge is 0.334 e. The molecule has 3 heteroatoms. The van der Waals surface area contributed by atoms with Gasteiger partial charge in [0, 0.05) is 19.4 Å². The first kappa shape index (κ1) is 16.1. The second-order valence-corrected chi connectivity index (χ2v) is 6.53. The van der Waals surface area contributed by atoms with Crippen molar-refractivity contribution in [2.75, 3.05) is 7.05 Å². The van der Waals surface area contributed by atoms with Gasteiger partial charge in [-0.3, -0.25) is 9.59 Å². The van der Waals surface area contributed by atoms with Crippen LogP contribution in [0.25, 0.3) is 0 Å². The zero-order chi connectivity index (χ0) is 14.0. The molecule has 0 heterocycles. The third kappa shape index (κ3) is 3.83. The fourth-order valence-corrected chi connectivity index (χ4v) is 2.33. The lowest BCUT2D eigenvalue weighted by Crippen LogP contribution is -2.56. The van der Waals surface area contributed by atoms with E-state index in [1.807, 2.05) is 27.7 Å². The maximum absolute atomic E-state index is 12.6. The molecule has 3 nitrogen and oxygen atoms in total. The lowest BCUT2D eigenvalue weighted by molar-refractivity contribution is -0.148. The molecule has 0 aromatic rings. The molecule has 0 aliphatic heterocycles. The van der Waals surface area contributed by atoms with Gasteiger partial charge in [-0.2, -0.15) is 0 Å². The van der Waals surface area contributed by atoms with Gasteiger partial charge in [-0.1, -0.05) is 34.6 Å². The van der Waals surface area contributed by atoms with Crippen LogP contribution in [0.3, 0.4) is 0 Å². The van der Waals surface area contributed by atoms with Crippen LogP contribution in [0.1, 0.15) is 54.9 Å². The Labute approximate surface area is 106 Å². The molecule has 0 N–H and O–H groups in total. The van der Waals surface area contributed by atoms with Crippen LogP contribution in [-0.4, -0.2) is 29.2 Å². The van der Waals surface area contributed by atoms with E-state index in [2.05, 4.69) is 13.8 Å². The van der Waals surface area contributed by atoms with Crippen LogP contribution in [0.2, 0.25) is 0 Å². The first-order valence-corrected chi connectivity index (χ1v) is 6.22. The van der Waals surface area contributed by atoms with E-state index in [1.54, 1.807) is 11.9 Å². The van der Waals surface area contributed by atoms with Gasteiger partial charge in [0.05, 0.1) is 5.54 Å². The molecule has 1 amide bonds. The quantitative estimate of drug-likeness (QED) is 0.759. The molecular formula is C14H27NO2. The van der Waals surface area contributed by atoms with Crippen LogP contribution in [0.5, 0.6) is 0 Å². The number of carbonyl (C=O) groups excluding carboxylic acids is 2. The molecule has 0 aromatic carbocycles. The number of carbonyl (C=O) groups is 2. The molecule has 0 bridgehead atoms. The highest BCUT2D eigenvalue weighted by Gasteiger charge is 2.44. The maximum atomic E-state index is 12.6. The minimum absolute atomic E-state index is 0.0641. The first-order valence-electron chi connectivity index (χ1n) is 6.22. The molecule has 0 rings (SSSR count). The van der Waals surface area contributed by atoms with E-state index in [4.69, 9.17) is 0 Å². The number of nitrogens with zero attached hydrogens (tertiary/aromatic N) is 1. The molecule has 0 radical (unpaired) electrons. The minimum Gasteiger partial charge on any atom is -0.334 e. The summed E-state index contributed by atoms with van der Waals surface area (Å²) in [5.74, 6) is 0.426. The van der Waals surface area contributed by atoms with E-state index in [0.717, 1.165) is 0 Å². The zero-order valence-electron chi connectivity index (χ0n) is 12.5. The predicted molar refractivity (Wildman–Crippen MR) is 70.8 cm³/mol. The van der Waals surface area contributed by atoms with E-state index in [9.17, 15) is 9.59 Å². The molecule has 0 saturated heterocycles. The van der Waals surface area contributed by atoms with Crippen LogP contribution in [0.4, 0.5) is 0 Å². The Morgan fingerprint density at radius 3 is 1.76 bits per heavy atom. The maximum Gasteiger partial charge on any atom is 0.220 e. The third-order valence-electron chi connectivity index (χ3n) is 3.19. The molecular weight excluding hydrogens is 214 g/mol. The second kappa shape index (κ2) is 5.19. The predicted octanol–water partition coefficient (Wildman–Crippen LogP) is 2.88. The highest BCUT2D eigenvalue weighted by molar-refractivity contribution is 5.95. The van der Waals surface area contributed by atoms with Gasteiger partial charge < -0.3 is 4.90 Å². The van der Waals surface area contributed by atoms with Crippen molar-refractivity contribution in [3.8, 4) is 0 Å². The summed E-state index contributed by atoms with van der Waals surface area (Å²) in [6, 6.07) is 0.